The Kier molecular flexibility index (Phi) is 7.70. The molecule has 0 amide bonds. The van der Waals surface area contributed by atoms with E-state index in [1.165, 1.54) is 6.21 Å². The molecule has 0 radical (unpaired) electrons. The third-order valence-electron chi connectivity index (χ3n) is 5.21. The molecule has 0 unspecified atom stereocenters. The number of para-hydroxylation sites is 2. The number of phenolic OH excluding ortho intramolecular Hbond substituents is 1. The van der Waals surface area contributed by atoms with Gasteiger partial charge in [0.05, 0.1) is 6.21 Å². The van der Waals surface area contributed by atoms with Gasteiger partial charge in [-0.05, 0) is 50.2 Å². The second kappa shape index (κ2) is 11.5. The first-order valence-corrected chi connectivity index (χ1v) is 11.4. The van der Waals surface area contributed by atoms with Gasteiger partial charge in [0.25, 0.3) is 0 Å². The van der Waals surface area contributed by atoms with Gasteiger partial charge in [-0.3, -0.25) is 0 Å². The number of nitrogens with zero attached hydrogens (tertiary/aromatic N) is 5. The Labute approximate surface area is 204 Å². The smallest absolute Gasteiger partial charge is 0.250 e. The van der Waals surface area contributed by atoms with Crippen molar-refractivity contribution < 1.29 is 5.11 Å². The van der Waals surface area contributed by atoms with E-state index in [-0.39, 0.29) is 11.7 Å². The van der Waals surface area contributed by atoms with Crippen molar-refractivity contribution in [3.63, 3.8) is 0 Å². The van der Waals surface area contributed by atoms with E-state index in [0.29, 0.717) is 17.5 Å². The van der Waals surface area contributed by atoms with Crippen LogP contribution < -0.4 is 21.0 Å². The Hall–Kier alpha value is -4.66. The number of phenols is 1. The zero-order valence-corrected chi connectivity index (χ0v) is 19.7. The molecule has 0 aliphatic heterocycles. The summed E-state index contributed by atoms with van der Waals surface area (Å²) < 4.78 is 0. The van der Waals surface area contributed by atoms with Crippen molar-refractivity contribution in [3.8, 4) is 5.75 Å². The zero-order valence-electron chi connectivity index (χ0n) is 19.7. The van der Waals surface area contributed by atoms with Crippen LogP contribution in [0.1, 0.15) is 19.4 Å². The molecule has 1 aromatic heterocycles. The van der Waals surface area contributed by atoms with E-state index in [0.717, 1.165) is 30.2 Å². The maximum Gasteiger partial charge on any atom is 0.250 e. The molecule has 35 heavy (non-hydrogen) atoms. The molecule has 4 rings (SSSR count). The number of aromatic hydroxyl groups is 1. The predicted octanol–water partition coefficient (Wildman–Crippen LogP) is 5.36. The third-order valence-corrected chi connectivity index (χ3v) is 5.21. The molecule has 0 spiro atoms. The largest absolute Gasteiger partial charge is 0.507 e. The average Bonchev–Trinajstić information content (AvgIpc) is 2.87. The topological polar surface area (TPSA) is 111 Å². The van der Waals surface area contributed by atoms with Gasteiger partial charge in [0.15, 0.2) is 0 Å². The number of hydrogen-bond acceptors (Lipinski definition) is 9. The highest BCUT2D eigenvalue weighted by atomic mass is 16.3. The Bertz CT molecular complexity index is 1200. The molecule has 3 aromatic carbocycles. The van der Waals surface area contributed by atoms with E-state index in [9.17, 15) is 5.11 Å². The van der Waals surface area contributed by atoms with E-state index in [4.69, 9.17) is 0 Å². The Morgan fingerprint density at radius 3 is 1.83 bits per heavy atom. The van der Waals surface area contributed by atoms with Gasteiger partial charge in [0.2, 0.25) is 17.8 Å². The fourth-order valence-electron chi connectivity index (χ4n) is 3.43. The first-order chi connectivity index (χ1) is 17.1. The summed E-state index contributed by atoms with van der Waals surface area (Å²) in [6.45, 7) is 5.89. The lowest BCUT2D eigenvalue weighted by atomic mass is 10.2. The van der Waals surface area contributed by atoms with Gasteiger partial charge in [-0.2, -0.15) is 20.1 Å². The monoisotopic (exact) mass is 468 g/mol. The minimum Gasteiger partial charge on any atom is -0.507 e. The summed E-state index contributed by atoms with van der Waals surface area (Å²) in [5, 5.41) is 21.0. The van der Waals surface area contributed by atoms with Crippen LogP contribution in [0, 0.1) is 0 Å². The van der Waals surface area contributed by atoms with Crippen LogP contribution in [0.2, 0.25) is 0 Å². The number of anilines is 6. The summed E-state index contributed by atoms with van der Waals surface area (Å²) in [6.07, 6.45) is 1.53. The van der Waals surface area contributed by atoms with E-state index < -0.39 is 0 Å². The van der Waals surface area contributed by atoms with Gasteiger partial charge in [0.1, 0.15) is 5.75 Å². The first kappa shape index (κ1) is 23.5. The fourth-order valence-corrected chi connectivity index (χ4v) is 3.43. The number of nitrogens with one attached hydrogen (secondary N) is 3. The normalized spacial score (nSPS) is 10.8. The SMILES string of the molecule is CCN(CC)c1ccc(/C=N\Nc2nc(Nc3ccccc3)nc(Nc3ccccc3)n2)c(O)c1. The van der Waals surface area contributed by atoms with Crippen molar-refractivity contribution in [3.05, 3.63) is 84.4 Å². The molecular weight excluding hydrogens is 440 g/mol. The molecule has 0 fully saturated rings. The number of benzene rings is 3. The second-order valence-electron chi connectivity index (χ2n) is 7.57. The maximum absolute atomic E-state index is 10.4. The lowest BCUT2D eigenvalue weighted by Crippen LogP contribution is -2.21. The molecule has 0 saturated heterocycles. The van der Waals surface area contributed by atoms with Crippen molar-refractivity contribution in [1.29, 1.82) is 0 Å². The van der Waals surface area contributed by atoms with Crippen molar-refractivity contribution in [2.75, 3.05) is 34.0 Å². The van der Waals surface area contributed by atoms with Crippen molar-refractivity contribution in [2.45, 2.75) is 13.8 Å². The first-order valence-electron chi connectivity index (χ1n) is 11.4. The number of hydrazone groups is 1. The molecule has 0 atom stereocenters. The highest BCUT2D eigenvalue weighted by Crippen LogP contribution is 2.24. The highest BCUT2D eigenvalue weighted by molar-refractivity contribution is 5.85. The molecule has 4 N–H and O–H groups in total. The number of rotatable bonds is 10. The predicted molar refractivity (Wildman–Crippen MR) is 142 cm³/mol. The van der Waals surface area contributed by atoms with Crippen LogP contribution in [0.4, 0.5) is 34.9 Å². The molecule has 9 heteroatoms. The van der Waals surface area contributed by atoms with Gasteiger partial charge in [-0.1, -0.05) is 36.4 Å². The molecular formula is C26H28N8O. The van der Waals surface area contributed by atoms with E-state index in [1.807, 2.05) is 72.8 Å². The lowest BCUT2D eigenvalue weighted by molar-refractivity contribution is 0.474. The molecule has 9 nitrogen and oxygen atoms in total. The minimum absolute atomic E-state index is 0.147. The summed E-state index contributed by atoms with van der Waals surface area (Å²) >= 11 is 0. The van der Waals surface area contributed by atoms with E-state index in [2.05, 4.69) is 54.9 Å². The van der Waals surface area contributed by atoms with Crippen LogP contribution in [0.15, 0.2) is 84.0 Å². The van der Waals surface area contributed by atoms with Crippen molar-refractivity contribution in [1.82, 2.24) is 15.0 Å². The van der Waals surface area contributed by atoms with Gasteiger partial charge in [-0.15, -0.1) is 0 Å². The Morgan fingerprint density at radius 1 is 0.771 bits per heavy atom. The summed E-state index contributed by atoms with van der Waals surface area (Å²) in [6, 6.07) is 24.8. The summed E-state index contributed by atoms with van der Waals surface area (Å²) in [7, 11) is 0. The van der Waals surface area contributed by atoms with Crippen LogP contribution in [0.5, 0.6) is 5.75 Å². The number of hydrogen-bond donors (Lipinski definition) is 4. The third kappa shape index (κ3) is 6.44. The van der Waals surface area contributed by atoms with Gasteiger partial charge in [-0.25, -0.2) is 5.43 Å². The van der Waals surface area contributed by atoms with Crippen LogP contribution in [-0.4, -0.2) is 39.4 Å². The van der Waals surface area contributed by atoms with Crippen LogP contribution in [0.3, 0.4) is 0 Å². The fraction of sp³-hybridized carbons (Fsp3) is 0.154. The van der Waals surface area contributed by atoms with Gasteiger partial charge >= 0.3 is 0 Å². The maximum atomic E-state index is 10.4. The Morgan fingerprint density at radius 2 is 1.31 bits per heavy atom. The molecule has 178 valence electrons. The standard InChI is InChI=1S/C26H28N8O/c1-3-34(4-2)22-16-15-19(23(35)17-22)18-27-33-26-31-24(28-20-11-7-5-8-12-20)30-25(32-26)29-21-13-9-6-10-14-21/h5-18,35H,3-4H2,1-2H3,(H3,28,29,30,31,32,33)/b27-18-. The zero-order chi connectivity index (χ0) is 24.5. The van der Waals surface area contributed by atoms with Crippen molar-refractivity contribution >= 4 is 41.1 Å². The highest BCUT2D eigenvalue weighted by Gasteiger charge is 2.08. The van der Waals surface area contributed by atoms with Crippen LogP contribution >= 0.6 is 0 Å². The molecule has 0 aliphatic carbocycles. The molecule has 0 aliphatic rings. The summed E-state index contributed by atoms with van der Waals surface area (Å²) in [5.74, 6) is 1.10. The number of aromatic nitrogens is 3. The second-order valence-corrected chi connectivity index (χ2v) is 7.57. The lowest BCUT2D eigenvalue weighted by Gasteiger charge is -2.21. The average molecular weight is 469 g/mol. The van der Waals surface area contributed by atoms with Crippen LogP contribution in [-0.2, 0) is 0 Å². The Balaban J connectivity index is 1.54. The van der Waals surface area contributed by atoms with Gasteiger partial charge < -0.3 is 20.6 Å². The van der Waals surface area contributed by atoms with E-state index in [1.54, 1.807) is 6.07 Å². The minimum atomic E-state index is 0.147. The van der Waals surface area contributed by atoms with Crippen LogP contribution in [0.25, 0.3) is 0 Å². The summed E-state index contributed by atoms with van der Waals surface area (Å²) in [5.41, 5.74) is 6.07. The van der Waals surface area contributed by atoms with Gasteiger partial charge in [0, 0.05) is 41.8 Å². The molecule has 4 aromatic rings. The summed E-state index contributed by atoms with van der Waals surface area (Å²) in [4.78, 5) is 15.5. The van der Waals surface area contributed by atoms with Crippen molar-refractivity contribution in [2.24, 2.45) is 5.10 Å². The molecule has 1 heterocycles. The molecule has 0 saturated carbocycles. The van der Waals surface area contributed by atoms with E-state index >= 15 is 0 Å². The quantitative estimate of drug-likeness (QED) is 0.182. The molecule has 0 bridgehead atoms.